The molecule has 0 aromatic carbocycles. The minimum Gasteiger partial charge on any atom is -0.195 e. The lowest BCUT2D eigenvalue weighted by atomic mass is 9.91. The molecule has 0 atom stereocenters. The average Bonchev–Trinajstić information content (AvgIpc) is 2.69. The fourth-order valence-corrected chi connectivity index (χ4v) is 2.32. The SMILES string of the molecule is FC(F)(F)C(F)(F)C(F)(F)C(F)(F)C(F)(F)C(F)(F)/C=C/C(F)(F)C(F)(F)C(F)(F)C(F)(F)C(F)(F)C(F)(F)I. The molecule has 0 spiro atoms. The molecule has 0 heterocycles. The molecule has 0 amide bonds. The van der Waals surface area contributed by atoms with Crippen LogP contribution in [-0.2, 0) is 0 Å². The summed E-state index contributed by atoms with van der Waals surface area (Å²) in [6, 6.07) is 0. The van der Waals surface area contributed by atoms with Crippen LogP contribution in [-0.4, -0.2) is 69.3 Å². The molecular formula is C14H2F25I. The molecule has 0 fully saturated rings. The molecule has 0 saturated heterocycles. The van der Waals surface area contributed by atoms with Crippen LogP contribution >= 0.6 is 22.6 Å². The van der Waals surface area contributed by atoms with E-state index in [1.54, 1.807) is 0 Å². The maximum atomic E-state index is 13.4. The Morgan fingerprint density at radius 2 is 0.475 bits per heavy atom. The third-order valence-electron chi connectivity index (χ3n) is 4.42. The van der Waals surface area contributed by atoms with E-state index in [0.717, 1.165) is 0 Å². The zero-order chi connectivity index (χ0) is 33.4. The minimum absolute atomic E-state index is 1.09. The van der Waals surface area contributed by atoms with Crippen LogP contribution in [0.1, 0.15) is 0 Å². The van der Waals surface area contributed by atoms with Crippen LogP contribution in [0.15, 0.2) is 12.2 Å². The summed E-state index contributed by atoms with van der Waals surface area (Å²) in [5.41, 5.74) is 0. The highest BCUT2D eigenvalue weighted by Crippen LogP contribution is 2.63. The Morgan fingerprint density at radius 3 is 0.675 bits per heavy atom. The third kappa shape index (κ3) is 5.11. The maximum Gasteiger partial charge on any atom is 0.460 e. The van der Waals surface area contributed by atoms with Crippen LogP contribution in [0.2, 0.25) is 0 Å². The Balaban J connectivity index is 6.87. The Hall–Kier alpha value is -1.28. The molecule has 0 aliphatic rings. The van der Waals surface area contributed by atoms with Crippen molar-refractivity contribution in [3.8, 4) is 0 Å². The van der Waals surface area contributed by atoms with E-state index in [2.05, 4.69) is 0 Å². The molecule has 0 aliphatic heterocycles. The summed E-state index contributed by atoms with van der Waals surface area (Å²) in [5.74, 6) is -82.5. The van der Waals surface area contributed by atoms with Gasteiger partial charge in [-0.15, -0.1) is 0 Å². The van der Waals surface area contributed by atoms with Gasteiger partial charge in [-0.1, -0.05) is 0 Å². The number of halogens is 26. The molecule has 0 aromatic heterocycles. The van der Waals surface area contributed by atoms with E-state index in [0.29, 0.717) is 0 Å². The van der Waals surface area contributed by atoms with Crippen molar-refractivity contribution in [3.63, 3.8) is 0 Å². The van der Waals surface area contributed by atoms with Crippen molar-refractivity contribution in [2.75, 3.05) is 0 Å². The molecular weight excluding hydrogens is 770 g/mol. The van der Waals surface area contributed by atoms with Gasteiger partial charge in [-0.2, -0.15) is 110 Å². The van der Waals surface area contributed by atoms with Crippen molar-refractivity contribution in [2.24, 2.45) is 0 Å². The molecule has 0 nitrogen and oxygen atoms in total. The summed E-state index contributed by atoms with van der Waals surface area (Å²) in [7, 11) is 0. The van der Waals surface area contributed by atoms with Crippen LogP contribution in [0, 0.1) is 0 Å². The molecule has 0 aliphatic carbocycles. The molecule has 40 heavy (non-hydrogen) atoms. The van der Waals surface area contributed by atoms with Crippen molar-refractivity contribution in [1.82, 2.24) is 0 Å². The number of rotatable bonds is 11. The summed E-state index contributed by atoms with van der Waals surface area (Å²) in [6.07, 6.45) is -13.9. The van der Waals surface area contributed by atoms with Crippen molar-refractivity contribution in [3.05, 3.63) is 12.2 Å². The molecule has 0 N–H and O–H groups in total. The molecule has 0 aromatic rings. The van der Waals surface area contributed by atoms with E-state index >= 15 is 0 Å². The zero-order valence-corrected chi connectivity index (χ0v) is 19.1. The van der Waals surface area contributed by atoms with E-state index in [-0.39, 0.29) is 0 Å². The van der Waals surface area contributed by atoms with Crippen molar-refractivity contribution >= 4 is 22.6 Å². The first-order valence-corrected chi connectivity index (χ1v) is 9.40. The largest absolute Gasteiger partial charge is 0.460 e. The Labute approximate surface area is 214 Å². The van der Waals surface area contributed by atoms with Gasteiger partial charge in [0.05, 0.1) is 0 Å². The average molecular weight is 772 g/mol. The molecule has 0 saturated carbocycles. The van der Waals surface area contributed by atoms with Crippen molar-refractivity contribution < 1.29 is 110 Å². The Bertz CT molecular complexity index is 870. The predicted octanol–water partition coefficient (Wildman–Crippen LogP) is 9.49. The smallest absolute Gasteiger partial charge is 0.195 e. The number of hydrogen-bond acceptors (Lipinski definition) is 0. The van der Waals surface area contributed by atoms with Gasteiger partial charge in [0.15, 0.2) is 0 Å². The molecule has 240 valence electrons. The van der Waals surface area contributed by atoms with Gasteiger partial charge in [0.2, 0.25) is 0 Å². The first kappa shape index (κ1) is 38.7. The van der Waals surface area contributed by atoms with Crippen LogP contribution in [0.5, 0.6) is 0 Å². The van der Waals surface area contributed by atoms with Gasteiger partial charge >= 0.3 is 69.3 Å². The lowest BCUT2D eigenvalue weighted by Gasteiger charge is -2.40. The lowest BCUT2D eigenvalue weighted by Crippen LogP contribution is -2.70. The van der Waals surface area contributed by atoms with E-state index < -0.39 is 104 Å². The van der Waals surface area contributed by atoms with Crippen LogP contribution in [0.25, 0.3) is 0 Å². The highest BCUT2D eigenvalue weighted by atomic mass is 127. The van der Waals surface area contributed by atoms with E-state index in [1.807, 2.05) is 0 Å². The summed E-state index contributed by atoms with van der Waals surface area (Å²) < 4.78 is 319. The summed E-state index contributed by atoms with van der Waals surface area (Å²) in [5, 5.41) is 0. The predicted molar refractivity (Wildman–Crippen MR) is 83.6 cm³/mol. The zero-order valence-electron chi connectivity index (χ0n) is 17.0. The third-order valence-corrected chi connectivity index (χ3v) is 5.09. The standard InChI is InChI=1S/C14H2F25I/c15-3(16,5(19,20)7(23,24)9(27,28)11(31,32)13(35,36)37)1-2-4(17,18)6(21,22)8(25,26)10(29,30)12(33,34)14(38,39)40/h1-2H/b2-1+. The fourth-order valence-electron chi connectivity index (χ4n) is 1.98. The first-order chi connectivity index (χ1) is 16.7. The number of allylic oxidation sites excluding steroid dienone is 2. The quantitative estimate of drug-likeness (QED) is 0.0851. The van der Waals surface area contributed by atoms with Gasteiger partial charge in [0.1, 0.15) is 0 Å². The normalized spacial score (nSPS) is 17.1. The maximum absolute atomic E-state index is 13.4. The van der Waals surface area contributed by atoms with Crippen LogP contribution < -0.4 is 0 Å². The van der Waals surface area contributed by atoms with Crippen LogP contribution in [0.3, 0.4) is 0 Å². The molecule has 26 heteroatoms. The number of alkyl halides is 26. The highest BCUT2D eigenvalue weighted by molar-refractivity contribution is 14.1. The fraction of sp³-hybridized carbons (Fsp3) is 0.857. The Kier molecular flexibility index (Phi) is 9.31. The summed E-state index contributed by atoms with van der Waals surface area (Å²) in [6.45, 7) is 0. The molecule has 0 radical (unpaired) electrons. The second kappa shape index (κ2) is 9.62. The lowest BCUT2D eigenvalue weighted by molar-refractivity contribution is -0.436. The van der Waals surface area contributed by atoms with Crippen LogP contribution in [0.4, 0.5) is 110 Å². The van der Waals surface area contributed by atoms with Crippen molar-refractivity contribution in [1.29, 1.82) is 0 Å². The van der Waals surface area contributed by atoms with E-state index in [4.69, 9.17) is 0 Å². The summed E-state index contributed by atoms with van der Waals surface area (Å²) in [4.78, 5) is 0. The second-order valence-corrected chi connectivity index (χ2v) is 8.52. The van der Waals surface area contributed by atoms with Gasteiger partial charge in [-0.25, -0.2) is 0 Å². The van der Waals surface area contributed by atoms with Gasteiger partial charge in [0.25, 0.3) is 0 Å². The van der Waals surface area contributed by atoms with Gasteiger partial charge in [0, 0.05) is 22.6 Å². The molecule has 0 rings (SSSR count). The number of hydrogen-bond donors (Lipinski definition) is 0. The second-order valence-electron chi connectivity index (χ2n) is 7.17. The molecule has 0 unspecified atom stereocenters. The van der Waals surface area contributed by atoms with E-state index in [1.165, 1.54) is 0 Å². The summed E-state index contributed by atoms with van der Waals surface area (Å²) >= 11 is -1.09. The van der Waals surface area contributed by atoms with Gasteiger partial charge < -0.3 is 0 Å². The Morgan fingerprint density at radius 1 is 0.275 bits per heavy atom. The van der Waals surface area contributed by atoms with Crippen molar-refractivity contribution in [2.45, 2.75) is 69.3 Å². The topological polar surface area (TPSA) is 0 Å². The van der Waals surface area contributed by atoms with E-state index in [9.17, 15) is 110 Å². The monoisotopic (exact) mass is 772 g/mol. The van der Waals surface area contributed by atoms with Gasteiger partial charge in [-0.05, 0) is 12.2 Å². The van der Waals surface area contributed by atoms with Gasteiger partial charge in [-0.3, -0.25) is 0 Å². The highest BCUT2D eigenvalue weighted by Gasteiger charge is 2.91. The molecule has 0 bridgehead atoms. The first-order valence-electron chi connectivity index (χ1n) is 8.32. The minimum atomic E-state index is -8.70.